The van der Waals surface area contributed by atoms with E-state index in [4.69, 9.17) is 4.74 Å². The minimum atomic E-state index is -0.154. The number of benzene rings is 1. The molecule has 1 spiro atoms. The van der Waals surface area contributed by atoms with Crippen molar-refractivity contribution in [3.63, 3.8) is 0 Å². The lowest BCUT2D eigenvalue weighted by atomic mass is 9.88. The van der Waals surface area contributed by atoms with Crippen LogP contribution < -0.4 is 5.32 Å². The third kappa shape index (κ3) is 5.44. The van der Waals surface area contributed by atoms with Gasteiger partial charge in [-0.15, -0.1) is 0 Å². The Kier molecular flexibility index (Phi) is 6.73. The number of ketones is 1. The van der Waals surface area contributed by atoms with Gasteiger partial charge in [-0.2, -0.15) is 0 Å². The SMILES string of the molecule is CC(=O)c1ccc(C(=O)NCC2CCC3(CCN(C(=O)CC(C)C)CC3)O2)cc1. The first kappa shape index (κ1) is 21.5. The van der Waals surface area contributed by atoms with Gasteiger partial charge in [0, 0.05) is 37.2 Å². The smallest absolute Gasteiger partial charge is 0.251 e. The number of ether oxygens (including phenoxy) is 1. The fourth-order valence-electron chi connectivity index (χ4n) is 4.21. The van der Waals surface area contributed by atoms with Crippen molar-refractivity contribution < 1.29 is 19.1 Å². The molecule has 2 aliphatic heterocycles. The summed E-state index contributed by atoms with van der Waals surface area (Å²) in [6.07, 6.45) is 4.25. The Morgan fingerprint density at radius 2 is 1.72 bits per heavy atom. The fourth-order valence-corrected chi connectivity index (χ4v) is 4.21. The average molecular weight is 401 g/mol. The molecule has 158 valence electrons. The summed E-state index contributed by atoms with van der Waals surface area (Å²) in [5.41, 5.74) is 0.994. The van der Waals surface area contributed by atoms with E-state index in [-0.39, 0.29) is 29.3 Å². The van der Waals surface area contributed by atoms with Crippen molar-refractivity contribution in [2.45, 2.75) is 64.6 Å². The molecule has 2 amide bonds. The number of hydrogen-bond acceptors (Lipinski definition) is 4. The highest BCUT2D eigenvalue weighted by Crippen LogP contribution is 2.38. The van der Waals surface area contributed by atoms with Crippen molar-refractivity contribution >= 4 is 17.6 Å². The van der Waals surface area contributed by atoms with Crippen LogP contribution in [0.25, 0.3) is 0 Å². The van der Waals surface area contributed by atoms with E-state index in [1.165, 1.54) is 6.92 Å². The molecular formula is C23H32N2O4. The Bertz CT molecular complexity index is 749. The van der Waals surface area contributed by atoms with Crippen molar-refractivity contribution in [2.75, 3.05) is 19.6 Å². The van der Waals surface area contributed by atoms with Crippen molar-refractivity contribution in [3.05, 3.63) is 35.4 Å². The molecule has 2 fully saturated rings. The maximum absolute atomic E-state index is 12.4. The first-order valence-corrected chi connectivity index (χ1v) is 10.6. The van der Waals surface area contributed by atoms with E-state index in [1.54, 1.807) is 24.3 Å². The summed E-state index contributed by atoms with van der Waals surface area (Å²) >= 11 is 0. The van der Waals surface area contributed by atoms with Gasteiger partial charge in [0.2, 0.25) is 5.91 Å². The molecule has 29 heavy (non-hydrogen) atoms. The van der Waals surface area contributed by atoms with Crippen LogP contribution in [0.4, 0.5) is 0 Å². The van der Waals surface area contributed by atoms with Crippen molar-refractivity contribution in [2.24, 2.45) is 5.92 Å². The minimum Gasteiger partial charge on any atom is -0.370 e. The molecule has 0 radical (unpaired) electrons. The molecule has 2 heterocycles. The van der Waals surface area contributed by atoms with Crippen LogP contribution in [0.15, 0.2) is 24.3 Å². The number of nitrogens with zero attached hydrogens (tertiary/aromatic N) is 1. The van der Waals surface area contributed by atoms with Crippen LogP contribution in [0.2, 0.25) is 0 Å². The number of rotatable bonds is 6. The maximum atomic E-state index is 12.4. The van der Waals surface area contributed by atoms with Gasteiger partial charge in [-0.1, -0.05) is 26.0 Å². The number of amides is 2. The van der Waals surface area contributed by atoms with Gasteiger partial charge in [0.1, 0.15) is 0 Å². The Morgan fingerprint density at radius 3 is 2.31 bits per heavy atom. The number of nitrogens with one attached hydrogen (secondary N) is 1. The topological polar surface area (TPSA) is 75.7 Å². The Labute approximate surface area is 173 Å². The highest BCUT2D eigenvalue weighted by molar-refractivity contribution is 5.97. The molecule has 0 aromatic heterocycles. The average Bonchev–Trinajstić information content (AvgIpc) is 3.08. The summed E-state index contributed by atoms with van der Waals surface area (Å²) < 4.78 is 6.34. The molecule has 1 unspecified atom stereocenters. The summed E-state index contributed by atoms with van der Waals surface area (Å²) in [4.78, 5) is 37.9. The molecule has 6 nitrogen and oxygen atoms in total. The first-order chi connectivity index (χ1) is 13.8. The van der Waals surface area contributed by atoms with Crippen LogP contribution in [0.3, 0.4) is 0 Å². The molecule has 1 aromatic rings. The lowest BCUT2D eigenvalue weighted by Gasteiger charge is -2.39. The maximum Gasteiger partial charge on any atom is 0.251 e. The normalized spacial score (nSPS) is 20.8. The van der Waals surface area contributed by atoms with Gasteiger partial charge in [0.05, 0.1) is 11.7 Å². The van der Waals surface area contributed by atoms with E-state index in [1.807, 2.05) is 4.90 Å². The van der Waals surface area contributed by atoms with Crippen molar-refractivity contribution in [3.8, 4) is 0 Å². The van der Waals surface area contributed by atoms with Gasteiger partial charge in [0.15, 0.2) is 5.78 Å². The second-order valence-electron chi connectivity index (χ2n) is 8.78. The zero-order valence-corrected chi connectivity index (χ0v) is 17.7. The van der Waals surface area contributed by atoms with Crippen LogP contribution in [-0.2, 0) is 9.53 Å². The van der Waals surface area contributed by atoms with E-state index in [2.05, 4.69) is 19.2 Å². The molecule has 1 aromatic carbocycles. The molecule has 2 saturated heterocycles. The lowest BCUT2D eigenvalue weighted by molar-refractivity contribution is -0.138. The van der Waals surface area contributed by atoms with Crippen molar-refractivity contribution in [1.29, 1.82) is 0 Å². The number of carbonyl (C=O) groups is 3. The third-order valence-corrected chi connectivity index (χ3v) is 5.99. The zero-order chi connectivity index (χ0) is 21.0. The van der Waals surface area contributed by atoms with Gasteiger partial charge in [-0.05, 0) is 50.7 Å². The highest BCUT2D eigenvalue weighted by atomic mass is 16.5. The molecule has 0 aliphatic carbocycles. The number of piperidine rings is 1. The van der Waals surface area contributed by atoms with Gasteiger partial charge < -0.3 is 15.0 Å². The van der Waals surface area contributed by atoms with Gasteiger partial charge in [-0.25, -0.2) is 0 Å². The van der Waals surface area contributed by atoms with Crippen LogP contribution in [0.5, 0.6) is 0 Å². The number of carbonyl (C=O) groups excluding carboxylic acids is 3. The second-order valence-corrected chi connectivity index (χ2v) is 8.78. The minimum absolute atomic E-state index is 0.00774. The standard InChI is InChI=1S/C23H32N2O4/c1-16(2)14-21(27)25-12-10-23(11-13-25)9-8-20(29-23)15-24-22(28)19-6-4-18(5-7-19)17(3)26/h4-7,16,20H,8-15H2,1-3H3,(H,24,28). The van der Waals surface area contributed by atoms with Crippen LogP contribution >= 0.6 is 0 Å². The Balaban J connectivity index is 1.45. The summed E-state index contributed by atoms with van der Waals surface area (Å²) in [5, 5.41) is 2.95. The quantitative estimate of drug-likeness (QED) is 0.744. The summed E-state index contributed by atoms with van der Waals surface area (Å²) in [6.45, 7) is 7.64. The van der Waals surface area contributed by atoms with E-state index in [9.17, 15) is 14.4 Å². The van der Waals surface area contributed by atoms with E-state index in [0.717, 1.165) is 38.8 Å². The second kappa shape index (κ2) is 9.08. The number of Topliss-reactive ketones (excluding diaryl/α,β-unsaturated/α-hetero) is 1. The largest absolute Gasteiger partial charge is 0.370 e. The molecule has 0 bridgehead atoms. The molecule has 1 N–H and O–H groups in total. The third-order valence-electron chi connectivity index (χ3n) is 5.99. The zero-order valence-electron chi connectivity index (χ0n) is 17.7. The molecular weight excluding hydrogens is 368 g/mol. The van der Waals surface area contributed by atoms with Crippen LogP contribution in [0, 0.1) is 5.92 Å². The summed E-state index contributed by atoms with van der Waals surface area (Å²) in [7, 11) is 0. The van der Waals surface area contributed by atoms with E-state index in [0.29, 0.717) is 30.0 Å². The highest BCUT2D eigenvalue weighted by Gasteiger charge is 2.43. The predicted molar refractivity (Wildman–Crippen MR) is 111 cm³/mol. The van der Waals surface area contributed by atoms with Gasteiger partial charge >= 0.3 is 0 Å². The van der Waals surface area contributed by atoms with E-state index >= 15 is 0 Å². The van der Waals surface area contributed by atoms with Gasteiger partial charge in [0.25, 0.3) is 5.91 Å². The molecule has 3 rings (SSSR count). The van der Waals surface area contributed by atoms with Crippen LogP contribution in [0.1, 0.15) is 73.6 Å². The van der Waals surface area contributed by atoms with Crippen LogP contribution in [-0.4, -0.2) is 53.8 Å². The molecule has 0 saturated carbocycles. The predicted octanol–water partition coefficient (Wildman–Crippen LogP) is 3.21. The molecule has 1 atom stereocenters. The monoisotopic (exact) mass is 400 g/mol. The summed E-state index contributed by atoms with van der Waals surface area (Å²) in [5.74, 6) is 0.456. The molecule has 6 heteroatoms. The fraction of sp³-hybridized carbons (Fsp3) is 0.609. The number of hydrogen-bond donors (Lipinski definition) is 1. The molecule has 2 aliphatic rings. The number of likely N-dealkylation sites (tertiary alicyclic amines) is 1. The Hall–Kier alpha value is -2.21. The summed E-state index contributed by atoms with van der Waals surface area (Å²) in [6, 6.07) is 6.69. The van der Waals surface area contributed by atoms with Crippen molar-refractivity contribution in [1.82, 2.24) is 10.2 Å². The van der Waals surface area contributed by atoms with E-state index < -0.39 is 0 Å². The first-order valence-electron chi connectivity index (χ1n) is 10.6. The van der Waals surface area contributed by atoms with Gasteiger partial charge in [-0.3, -0.25) is 14.4 Å². The lowest BCUT2D eigenvalue weighted by Crippen LogP contribution is -2.47. The Morgan fingerprint density at radius 1 is 1.10 bits per heavy atom.